The van der Waals surface area contributed by atoms with Gasteiger partial charge in [0, 0.05) is 17.7 Å². The zero-order chi connectivity index (χ0) is 16.8. The van der Waals surface area contributed by atoms with Gasteiger partial charge in [0.25, 0.3) is 11.6 Å². The summed E-state index contributed by atoms with van der Waals surface area (Å²) in [5.41, 5.74) is 0.471. The Bertz CT molecular complexity index is 826. The molecule has 0 saturated heterocycles. The van der Waals surface area contributed by atoms with Gasteiger partial charge in [0.15, 0.2) is 0 Å². The molecule has 0 fully saturated rings. The molecule has 2 rings (SSSR count). The maximum absolute atomic E-state index is 12.0. The minimum absolute atomic E-state index is 0.0282. The molecule has 0 heterocycles. The third kappa shape index (κ3) is 4.46. The number of nitro benzene ring substituents is 1. The van der Waals surface area contributed by atoms with Gasteiger partial charge in [0.2, 0.25) is 0 Å². The lowest BCUT2D eigenvalue weighted by atomic mass is 10.2. The molecule has 1 amide bonds. The van der Waals surface area contributed by atoms with E-state index in [1.165, 1.54) is 12.1 Å². The topological polar surface area (TPSA) is 72.2 Å². The Kier molecular flexibility index (Phi) is 5.58. The van der Waals surface area contributed by atoms with Gasteiger partial charge in [-0.05, 0) is 18.2 Å². The highest BCUT2D eigenvalue weighted by Gasteiger charge is 2.15. The number of halogens is 2. The van der Waals surface area contributed by atoms with E-state index in [4.69, 9.17) is 23.2 Å². The van der Waals surface area contributed by atoms with Gasteiger partial charge in [-0.1, -0.05) is 47.2 Å². The summed E-state index contributed by atoms with van der Waals surface area (Å²) in [7, 11) is 0. The number of amides is 1. The lowest BCUT2D eigenvalue weighted by Crippen LogP contribution is -2.24. The molecule has 0 radical (unpaired) electrons. The van der Waals surface area contributed by atoms with Crippen LogP contribution in [0.15, 0.2) is 42.5 Å². The zero-order valence-electron chi connectivity index (χ0n) is 11.7. The number of rotatable bonds is 3. The van der Waals surface area contributed by atoms with Crippen molar-refractivity contribution in [1.29, 1.82) is 0 Å². The van der Waals surface area contributed by atoms with Gasteiger partial charge >= 0.3 is 0 Å². The summed E-state index contributed by atoms with van der Waals surface area (Å²) < 4.78 is 0. The zero-order valence-corrected chi connectivity index (χ0v) is 13.2. The van der Waals surface area contributed by atoms with Crippen LogP contribution in [0, 0.1) is 22.0 Å². The van der Waals surface area contributed by atoms with E-state index in [1.807, 2.05) is 0 Å². The molecule has 0 aliphatic heterocycles. The third-order valence-corrected chi connectivity index (χ3v) is 3.50. The Morgan fingerprint density at radius 1 is 1.17 bits per heavy atom. The second-order valence-electron chi connectivity index (χ2n) is 4.39. The lowest BCUT2D eigenvalue weighted by Gasteiger charge is -2.03. The normalized spacial score (nSPS) is 9.65. The molecular weight excluding hydrogens is 339 g/mol. The first-order valence-electron chi connectivity index (χ1n) is 6.44. The van der Waals surface area contributed by atoms with E-state index in [9.17, 15) is 14.9 Å². The van der Waals surface area contributed by atoms with Crippen LogP contribution in [0.4, 0.5) is 5.69 Å². The summed E-state index contributed by atoms with van der Waals surface area (Å²) >= 11 is 11.8. The average Bonchev–Trinajstić information content (AvgIpc) is 2.53. The Morgan fingerprint density at radius 3 is 2.61 bits per heavy atom. The number of non-ortho nitro benzene ring substituents is 1. The van der Waals surface area contributed by atoms with Crippen LogP contribution in [0.2, 0.25) is 10.0 Å². The molecule has 2 aromatic carbocycles. The van der Waals surface area contributed by atoms with Crippen molar-refractivity contribution in [1.82, 2.24) is 5.32 Å². The molecule has 0 atom stereocenters. The first kappa shape index (κ1) is 16.8. The Morgan fingerprint density at radius 2 is 1.91 bits per heavy atom. The van der Waals surface area contributed by atoms with Gasteiger partial charge in [-0.3, -0.25) is 14.9 Å². The van der Waals surface area contributed by atoms with Crippen LogP contribution in [-0.4, -0.2) is 17.4 Å². The number of hydrogen-bond acceptors (Lipinski definition) is 3. The second kappa shape index (κ2) is 7.63. The molecule has 7 heteroatoms. The summed E-state index contributed by atoms with van der Waals surface area (Å²) in [6.45, 7) is 0.0586. The number of hydrogen-bond donors (Lipinski definition) is 1. The summed E-state index contributed by atoms with van der Waals surface area (Å²) in [5.74, 6) is 5.05. The summed E-state index contributed by atoms with van der Waals surface area (Å²) in [6.07, 6.45) is 0. The van der Waals surface area contributed by atoms with Gasteiger partial charge in [0.1, 0.15) is 0 Å². The fourth-order valence-electron chi connectivity index (χ4n) is 1.72. The molecule has 2 aromatic rings. The fourth-order valence-corrected chi connectivity index (χ4v) is 2.11. The molecule has 116 valence electrons. The van der Waals surface area contributed by atoms with Gasteiger partial charge < -0.3 is 5.32 Å². The molecular formula is C16H10Cl2N2O3. The summed E-state index contributed by atoms with van der Waals surface area (Å²) in [5, 5.41) is 13.9. The second-order valence-corrected chi connectivity index (χ2v) is 5.20. The first-order chi connectivity index (χ1) is 11.0. The van der Waals surface area contributed by atoms with E-state index in [2.05, 4.69) is 17.2 Å². The smallest absolute Gasteiger partial charge is 0.270 e. The monoisotopic (exact) mass is 348 g/mol. The van der Waals surface area contributed by atoms with Gasteiger partial charge in [0.05, 0.1) is 27.1 Å². The molecule has 0 aliphatic carbocycles. The van der Waals surface area contributed by atoms with Crippen molar-refractivity contribution in [3.05, 3.63) is 73.8 Å². The number of benzene rings is 2. The van der Waals surface area contributed by atoms with Crippen LogP contribution in [0.1, 0.15) is 15.9 Å². The van der Waals surface area contributed by atoms with E-state index < -0.39 is 10.8 Å². The minimum atomic E-state index is -0.593. The van der Waals surface area contributed by atoms with Crippen molar-refractivity contribution < 1.29 is 9.72 Å². The van der Waals surface area contributed by atoms with Crippen molar-refractivity contribution in [2.75, 3.05) is 6.54 Å². The maximum atomic E-state index is 12.0. The van der Waals surface area contributed by atoms with Crippen molar-refractivity contribution in [3.63, 3.8) is 0 Å². The lowest BCUT2D eigenvalue weighted by molar-refractivity contribution is -0.384. The highest BCUT2D eigenvalue weighted by atomic mass is 35.5. The Balaban J connectivity index is 2.05. The van der Waals surface area contributed by atoms with Gasteiger partial charge in [-0.15, -0.1) is 0 Å². The molecule has 5 nitrogen and oxygen atoms in total. The van der Waals surface area contributed by atoms with Crippen LogP contribution < -0.4 is 5.32 Å². The van der Waals surface area contributed by atoms with Crippen molar-refractivity contribution in [2.45, 2.75) is 0 Å². The van der Waals surface area contributed by atoms with Gasteiger partial charge in [-0.25, -0.2) is 0 Å². The predicted molar refractivity (Wildman–Crippen MR) is 88.8 cm³/mol. The number of nitrogens with zero attached hydrogens (tertiary/aromatic N) is 1. The minimum Gasteiger partial charge on any atom is -0.341 e. The van der Waals surface area contributed by atoms with Crippen molar-refractivity contribution in [2.24, 2.45) is 0 Å². The number of nitro groups is 1. The van der Waals surface area contributed by atoms with E-state index in [0.29, 0.717) is 10.6 Å². The highest BCUT2D eigenvalue weighted by molar-refractivity contribution is 6.34. The molecule has 23 heavy (non-hydrogen) atoms. The predicted octanol–water partition coefficient (Wildman–Crippen LogP) is 3.68. The highest BCUT2D eigenvalue weighted by Crippen LogP contribution is 2.21. The molecule has 0 saturated carbocycles. The largest absolute Gasteiger partial charge is 0.341 e. The van der Waals surface area contributed by atoms with Crippen LogP contribution in [0.3, 0.4) is 0 Å². The van der Waals surface area contributed by atoms with Crippen LogP contribution in [-0.2, 0) is 0 Å². The molecule has 0 aliphatic rings. The summed E-state index contributed by atoms with van der Waals surface area (Å²) in [6, 6.07) is 10.7. The average molecular weight is 349 g/mol. The maximum Gasteiger partial charge on any atom is 0.270 e. The molecule has 0 bridgehead atoms. The van der Waals surface area contributed by atoms with E-state index in [0.717, 1.165) is 6.07 Å². The van der Waals surface area contributed by atoms with Gasteiger partial charge in [-0.2, -0.15) is 0 Å². The quantitative estimate of drug-likeness (QED) is 0.522. The molecule has 0 unspecified atom stereocenters. The standard InChI is InChI=1S/C16H10Cl2N2O3/c17-14-6-2-1-4-11(14)5-3-9-19-16(21)13-10-12(20(22)23)7-8-15(13)18/h1-2,4,6-8,10H,9H2,(H,19,21). The summed E-state index contributed by atoms with van der Waals surface area (Å²) in [4.78, 5) is 22.1. The van der Waals surface area contributed by atoms with Crippen LogP contribution in [0.25, 0.3) is 0 Å². The number of carbonyl (C=O) groups excluding carboxylic acids is 1. The number of nitrogens with one attached hydrogen (secondary N) is 1. The van der Waals surface area contributed by atoms with Crippen molar-refractivity contribution in [3.8, 4) is 11.8 Å². The van der Waals surface area contributed by atoms with E-state index >= 15 is 0 Å². The van der Waals surface area contributed by atoms with Crippen molar-refractivity contribution >= 4 is 34.8 Å². The SMILES string of the molecule is O=C(NCC#Cc1ccccc1Cl)c1cc([N+](=O)[O-])ccc1Cl. The molecule has 0 spiro atoms. The third-order valence-electron chi connectivity index (χ3n) is 2.84. The Hall–Kier alpha value is -2.55. The van der Waals surface area contributed by atoms with Crippen LogP contribution in [0.5, 0.6) is 0 Å². The molecule has 0 aromatic heterocycles. The van der Waals surface area contributed by atoms with E-state index in [1.54, 1.807) is 24.3 Å². The fraction of sp³-hybridized carbons (Fsp3) is 0.0625. The first-order valence-corrected chi connectivity index (χ1v) is 7.20. The van der Waals surface area contributed by atoms with E-state index in [-0.39, 0.29) is 22.8 Å². The Labute approximate surface area is 142 Å². The number of carbonyl (C=O) groups is 1. The van der Waals surface area contributed by atoms with Crippen LogP contribution >= 0.6 is 23.2 Å². The molecule has 1 N–H and O–H groups in total.